The summed E-state index contributed by atoms with van der Waals surface area (Å²) in [6, 6.07) is 3.87. The highest BCUT2D eigenvalue weighted by molar-refractivity contribution is 5.69. The molecule has 1 N–H and O–H groups in total. The summed E-state index contributed by atoms with van der Waals surface area (Å²) in [5, 5.41) is 9.74. The number of ether oxygens (including phenoxy) is 1. The molecule has 0 unspecified atom stereocenters. The first kappa shape index (κ1) is 18.5. The van der Waals surface area contributed by atoms with E-state index in [2.05, 4.69) is 6.92 Å². The highest BCUT2D eigenvalue weighted by Crippen LogP contribution is 2.23. The van der Waals surface area contributed by atoms with Crippen molar-refractivity contribution in [2.24, 2.45) is 0 Å². The molecule has 3 nitrogen and oxygen atoms in total. The van der Waals surface area contributed by atoms with Crippen molar-refractivity contribution in [2.45, 2.75) is 72.1 Å². The smallest absolute Gasteiger partial charge is 0.306 e. The van der Waals surface area contributed by atoms with E-state index >= 15 is 0 Å². The Balaban J connectivity index is 2.18. The lowest BCUT2D eigenvalue weighted by molar-refractivity contribution is -0.143. The van der Waals surface area contributed by atoms with Crippen LogP contribution in [0.2, 0.25) is 0 Å². The summed E-state index contributed by atoms with van der Waals surface area (Å²) in [4.78, 5) is 11.7. The molecular formula is C19H30O3. The molecule has 0 bridgehead atoms. The number of rotatable bonds is 10. The number of hydrogen-bond acceptors (Lipinski definition) is 3. The number of aromatic hydroxyl groups is 1. The summed E-state index contributed by atoms with van der Waals surface area (Å²) in [7, 11) is 0. The maximum Gasteiger partial charge on any atom is 0.306 e. The van der Waals surface area contributed by atoms with Crippen molar-refractivity contribution in [1.29, 1.82) is 0 Å². The first-order valence-electron chi connectivity index (χ1n) is 8.49. The summed E-state index contributed by atoms with van der Waals surface area (Å²) in [5.74, 6) is 0.214. The third-order valence-corrected chi connectivity index (χ3v) is 3.93. The van der Waals surface area contributed by atoms with Gasteiger partial charge in [-0.2, -0.15) is 0 Å². The minimum absolute atomic E-state index is 0.128. The van der Waals surface area contributed by atoms with Gasteiger partial charge in [-0.1, -0.05) is 51.2 Å². The lowest BCUT2D eigenvalue weighted by Gasteiger charge is -2.08. The zero-order valence-corrected chi connectivity index (χ0v) is 14.3. The van der Waals surface area contributed by atoms with Crippen LogP contribution in [0.25, 0.3) is 0 Å². The molecule has 0 spiro atoms. The van der Waals surface area contributed by atoms with Crippen molar-refractivity contribution in [3.8, 4) is 5.75 Å². The van der Waals surface area contributed by atoms with Crippen LogP contribution in [0.3, 0.4) is 0 Å². The summed E-state index contributed by atoms with van der Waals surface area (Å²) >= 11 is 0. The van der Waals surface area contributed by atoms with E-state index in [0.29, 0.717) is 25.2 Å². The van der Waals surface area contributed by atoms with E-state index in [1.54, 1.807) is 0 Å². The molecule has 0 aromatic heterocycles. The standard InChI is InChI=1S/C19H30O3/c1-4-5-6-7-8-9-12-22-18(20)11-10-17-13-15(2)19(21)16(3)14-17/h13-14,21H,4-12H2,1-3H3. The Morgan fingerprint density at radius 2 is 1.64 bits per heavy atom. The van der Waals surface area contributed by atoms with Crippen LogP contribution in [0.1, 0.15) is 68.6 Å². The molecule has 0 aliphatic carbocycles. The Labute approximate surface area is 134 Å². The lowest BCUT2D eigenvalue weighted by atomic mass is 10.0. The molecule has 0 radical (unpaired) electrons. The fraction of sp³-hybridized carbons (Fsp3) is 0.632. The number of carbonyl (C=O) groups is 1. The molecule has 1 aromatic carbocycles. The van der Waals surface area contributed by atoms with Crippen molar-refractivity contribution >= 4 is 5.97 Å². The molecule has 0 saturated carbocycles. The van der Waals surface area contributed by atoms with Crippen molar-refractivity contribution in [1.82, 2.24) is 0 Å². The Morgan fingerprint density at radius 1 is 1.05 bits per heavy atom. The highest BCUT2D eigenvalue weighted by atomic mass is 16.5. The summed E-state index contributed by atoms with van der Waals surface area (Å²) < 4.78 is 5.27. The van der Waals surface area contributed by atoms with Gasteiger partial charge in [0, 0.05) is 6.42 Å². The first-order chi connectivity index (χ1) is 10.5. The minimum atomic E-state index is -0.128. The van der Waals surface area contributed by atoms with Crippen molar-refractivity contribution in [3.05, 3.63) is 28.8 Å². The van der Waals surface area contributed by atoms with E-state index in [-0.39, 0.29) is 5.97 Å². The molecule has 3 heteroatoms. The van der Waals surface area contributed by atoms with Gasteiger partial charge >= 0.3 is 5.97 Å². The van der Waals surface area contributed by atoms with Gasteiger partial charge in [0.05, 0.1) is 6.61 Å². The second-order valence-corrected chi connectivity index (χ2v) is 6.07. The number of hydrogen-bond donors (Lipinski definition) is 1. The van der Waals surface area contributed by atoms with Crippen LogP contribution < -0.4 is 0 Å². The van der Waals surface area contributed by atoms with E-state index in [9.17, 15) is 9.90 Å². The fourth-order valence-electron chi connectivity index (χ4n) is 2.58. The van der Waals surface area contributed by atoms with Gasteiger partial charge in [0.2, 0.25) is 0 Å². The highest BCUT2D eigenvalue weighted by Gasteiger charge is 2.07. The van der Waals surface area contributed by atoms with E-state index in [0.717, 1.165) is 29.5 Å². The Kier molecular flexibility index (Phi) is 8.64. The Bertz CT molecular complexity index is 443. The van der Waals surface area contributed by atoms with Gasteiger partial charge < -0.3 is 9.84 Å². The number of phenolic OH excluding ortho intramolecular Hbond substituents is 1. The average Bonchev–Trinajstić information content (AvgIpc) is 2.49. The number of carbonyl (C=O) groups excluding carboxylic acids is 1. The Hall–Kier alpha value is -1.51. The Morgan fingerprint density at radius 3 is 2.27 bits per heavy atom. The van der Waals surface area contributed by atoms with E-state index in [4.69, 9.17) is 4.74 Å². The third-order valence-electron chi connectivity index (χ3n) is 3.93. The maximum absolute atomic E-state index is 11.7. The van der Waals surface area contributed by atoms with Gasteiger partial charge in [0.1, 0.15) is 5.75 Å². The molecule has 0 fully saturated rings. The van der Waals surface area contributed by atoms with Crippen molar-refractivity contribution in [2.75, 3.05) is 6.61 Å². The van der Waals surface area contributed by atoms with Crippen LogP contribution in [-0.2, 0) is 16.0 Å². The molecule has 0 aliphatic rings. The monoisotopic (exact) mass is 306 g/mol. The summed E-state index contributed by atoms with van der Waals surface area (Å²) in [6.45, 7) is 6.50. The molecule has 1 aromatic rings. The predicted octanol–water partition coefficient (Wildman–Crippen LogP) is 4.85. The topological polar surface area (TPSA) is 46.5 Å². The molecule has 22 heavy (non-hydrogen) atoms. The summed E-state index contributed by atoms with van der Waals surface area (Å²) in [5.41, 5.74) is 2.79. The van der Waals surface area contributed by atoms with Crippen LogP contribution in [0.5, 0.6) is 5.75 Å². The minimum Gasteiger partial charge on any atom is -0.507 e. The fourth-order valence-corrected chi connectivity index (χ4v) is 2.58. The van der Waals surface area contributed by atoms with E-state index in [1.807, 2.05) is 26.0 Å². The van der Waals surface area contributed by atoms with Crippen LogP contribution in [-0.4, -0.2) is 17.7 Å². The molecule has 124 valence electrons. The zero-order chi connectivity index (χ0) is 16.4. The quantitative estimate of drug-likeness (QED) is 0.497. The molecule has 0 heterocycles. The van der Waals surface area contributed by atoms with Crippen molar-refractivity contribution < 1.29 is 14.6 Å². The van der Waals surface area contributed by atoms with Gasteiger partial charge in [-0.05, 0) is 43.4 Å². The molecule has 0 amide bonds. The summed E-state index contributed by atoms with van der Waals surface area (Å²) in [6.07, 6.45) is 8.24. The number of benzene rings is 1. The van der Waals surface area contributed by atoms with Crippen LogP contribution >= 0.6 is 0 Å². The molecule has 0 saturated heterocycles. The van der Waals surface area contributed by atoms with Gasteiger partial charge in [0.25, 0.3) is 0 Å². The average molecular weight is 306 g/mol. The van der Waals surface area contributed by atoms with Crippen LogP contribution in [0, 0.1) is 13.8 Å². The third kappa shape index (κ3) is 6.97. The number of aryl methyl sites for hydroxylation is 3. The molecule has 1 rings (SSSR count). The first-order valence-corrected chi connectivity index (χ1v) is 8.49. The van der Waals surface area contributed by atoms with E-state index in [1.165, 1.54) is 25.7 Å². The second-order valence-electron chi connectivity index (χ2n) is 6.07. The van der Waals surface area contributed by atoms with Crippen LogP contribution in [0.4, 0.5) is 0 Å². The number of esters is 1. The van der Waals surface area contributed by atoms with Gasteiger partial charge in [-0.3, -0.25) is 4.79 Å². The predicted molar refractivity (Wildman–Crippen MR) is 90.2 cm³/mol. The SMILES string of the molecule is CCCCCCCCOC(=O)CCc1cc(C)c(O)c(C)c1. The largest absolute Gasteiger partial charge is 0.507 e. The van der Waals surface area contributed by atoms with Gasteiger partial charge in [-0.25, -0.2) is 0 Å². The van der Waals surface area contributed by atoms with E-state index < -0.39 is 0 Å². The van der Waals surface area contributed by atoms with Crippen LogP contribution in [0.15, 0.2) is 12.1 Å². The number of unbranched alkanes of at least 4 members (excludes halogenated alkanes) is 5. The molecular weight excluding hydrogens is 276 g/mol. The van der Waals surface area contributed by atoms with Gasteiger partial charge in [-0.15, -0.1) is 0 Å². The molecule has 0 atom stereocenters. The van der Waals surface area contributed by atoms with Gasteiger partial charge in [0.15, 0.2) is 0 Å². The zero-order valence-electron chi connectivity index (χ0n) is 14.3. The lowest BCUT2D eigenvalue weighted by Crippen LogP contribution is -2.07. The number of phenols is 1. The second kappa shape index (κ2) is 10.3. The molecule has 0 aliphatic heterocycles. The normalized spacial score (nSPS) is 10.7. The maximum atomic E-state index is 11.7. The van der Waals surface area contributed by atoms with Crippen molar-refractivity contribution in [3.63, 3.8) is 0 Å².